The number of ether oxygens (including phenoxy) is 1. The van der Waals surface area contributed by atoms with E-state index in [4.69, 9.17) is 15.7 Å². The van der Waals surface area contributed by atoms with Gasteiger partial charge >= 0.3 is 11.9 Å². The van der Waals surface area contributed by atoms with Crippen LogP contribution in [0.15, 0.2) is 11.8 Å². The van der Waals surface area contributed by atoms with Gasteiger partial charge in [-0.3, -0.25) is 30.2 Å². The Morgan fingerprint density at radius 3 is 2.11 bits per heavy atom. The molecule has 152 valence electrons. The highest BCUT2D eigenvalue weighted by Gasteiger charge is 2.31. The summed E-state index contributed by atoms with van der Waals surface area (Å²) in [7, 11) is 0. The number of Topliss-reactive ketones (excluding diaryl/α,β-unsaturated/α-hetero) is 1. The quantitative estimate of drug-likeness (QED) is 0.0649. The van der Waals surface area contributed by atoms with Crippen LogP contribution in [0.25, 0.3) is 0 Å². The maximum absolute atomic E-state index is 12.1. The maximum Gasteiger partial charge on any atom is 0.338 e. The fraction of sp³-hybridized carbons (Fsp3) is 0.562. The van der Waals surface area contributed by atoms with Crippen molar-refractivity contribution in [2.24, 2.45) is 5.84 Å². The molecule has 0 aliphatic heterocycles. The molecule has 11 heteroatoms. The first-order valence-corrected chi connectivity index (χ1v) is 8.30. The summed E-state index contributed by atoms with van der Waals surface area (Å²) in [6, 6.07) is -1.52. The molecular weight excluding hydrogens is 360 g/mol. The van der Waals surface area contributed by atoms with E-state index in [9.17, 15) is 24.0 Å². The Kier molecular flexibility index (Phi) is 11.1. The molecule has 1 atom stereocenters. The summed E-state index contributed by atoms with van der Waals surface area (Å²) in [6.45, 7) is 3.93. The molecule has 1 unspecified atom stereocenters. The van der Waals surface area contributed by atoms with E-state index in [0.717, 1.165) is 18.1 Å². The second kappa shape index (κ2) is 12.4. The average Bonchev–Trinajstić information content (AvgIpc) is 2.58. The summed E-state index contributed by atoms with van der Waals surface area (Å²) < 4.78 is 4.82. The van der Waals surface area contributed by atoms with Gasteiger partial charge in [-0.1, -0.05) is 0 Å². The van der Waals surface area contributed by atoms with Gasteiger partial charge in [0.1, 0.15) is 0 Å². The highest BCUT2D eigenvalue weighted by Crippen LogP contribution is 2.08. The van der Waals surface area contributed by atoms with Crippen molar-refractivity contribution in [1.29, 1.82) is 0 Å². The first kappa shape index (κ1) is 24.1. The first-order chi connectivity index (χ1) is 12.6. The molecule has 0 rings (SSSR count). The van der Waals surface area contributed by atoms with Gasteiger partial charge in [0.25, 0.3) is 0 Å². The van der Waals surface area contributed by atoms with Crippen LogP contribution in [0, 0.1) is 0 Å². The van der Waals surface area contributed by atoms with Crippen molar-refractivity contribution in [1.82, 2.24) is 15.9 Å². The molecule has 0 heterocycles. The van der Waals surface area contributed by atoms with Gasteiger partial charge in [-0.2, -0.15) is 0 Å². The monoisotopic (exact) mass is 386 g/mol. The van der Waals surface area contributed by atoms with Crippen molar-refractivity contribution in [3.05, 3.63) is 11.8 Å². The fourth-order valence-corrected chi connectivity index (χ4v) is 1.97. The minimum Gasteiger partial charge on any atom is -0.478 e. The van der Waals surface area contributed by atoms with Crippen LogP contribution in [-0.2, 0) is 28.7 Å². The maximum atomic E-state index is 12.1. The molecule has 0 aromatic carbocycles. The normalized spacial score (nSPS) is 11.9. The van der Waals surface area contributed by atoms with Crippen LogP contribution in [0.5, 0.6) is 0 Å². The SMILES string of the molecule is CCOC(=O)C(C(C)=O)N(C=C(C)C(=O)O)NC(=O)CCCCC(=O)NN. The van der Waals surface area contributed by atoms with Crippen molar-refractivity contribution < 1.29 is 33.8 Å². The van der Waals surface area contributed by atoms with Crippen LogP contribution >= 0.6 is 0 Å². The topological polar surface area (TPSA) is 168 Å². The number of carbonyl (C=O) groups excluding carboxylic acids is 4. The third kappa shape index (κ3) is 9.35. The van der Waals surface area contributed by atoms with Gasteiger partial charge in [-0.15, -0.1) is 0 Å². The first-order valence-electron chi connectivity index (χ1n) is 8.30. The van der Waals surface area contributed by atoms with Gasteiger partial charge in [0.15, 0.2) is 5.78 Å². The van der Waals surface area contributed by atoms with Crippen LogP contribution in [-0.4, -0.2) is 52.3 Å². The summed E-state index contributed by atoms with van der Waals surface area (Å²) >= 11 is 0. The van der Waals surface area contributed by atoms with Crippen molar-refractivity contribution in [3.63, 3.8) is 0 Å². The average molecular weight is 386 g/mol. The second-order valence-electron chi connectivity index (χ2n) is 5.60. The van der Waals surface area contributed by atoms with E-state index < -0.39 is 29.7 Å². The summed E-state index contributed by atoms with van der Waals surface area (Å²) in [6.07, 6.45) is 1.85. The Morgan fingerprint density at radius 1 is 1.11 bits per heavy atom. The van der Waals surface area contributed by atoms with Crippen LogP contribution in [0.3, 0.4) is 0 Å². The largest absolute Gasteiger partial charge is 0.478 e. The Balaban J connectivity index is 5.19. The van der Waals surface area contributed by atoms with Crippen LogP contribution in [0.2, 0.25) is 0 Å². The predicted molar refractivity (Wildman–Crippen MR) is 93.3 cm³/mol. The number of hydrogen-bond donors (Lipinski definition) is 4. The Bertz CT molecular complexity index is 604. The molecule has 0 aliphatic carbocycles. The van der Waals surface area contributed by atoms with Gasteiger partial charge < -0.3 is 9.84 Å². The number of rotatable bonds is 12. The molecule has 0 fully saturated rings. The minimum atomic E-state index is -1.52. The van der Waals surface area contributed by atoms with Crippen LogP contribution in [0.4, 0.5) is 0 Å². The second-order valence-corrected chi connectivity index (χ2v) is 5.60. The number of nitrogens with zero attached hydrogens (tertiary/aromatic N) is 1. The zero-order valence-electron chi connectivity index (χ0n) is 15.6. The summed E-state index contributed by atoms with van der Waals surface area (Å²) in [5.74, 6) is 1.19. The third-order valence-corrected chi connectivity index (χ3v) is 3.32. The molecule has 0 saturated heterocycles. The fourth-order valence-electron chi connectivity index (χ4n) is 1.97. The molecule has 27 heavy (non-hydrogen) atoms. The lowest BCUT2D eigenvalue weighted by Gasteiger charge is -2.28. The van der Waals surface area contributed by atoms with E-state index in [2.05, 4.69) is 5.43 Å². The summed E-state index contributed by atoms with van der Waals surface area (Å²) in [5, 5.41) is 9.85. The molecule has 0 aromatic heterocycles. The highest BCUT2D eigenvalue weighted by atomic mass is 16.5. The molecular formula is C16H26N4O7. The standard InChI is InChI=1S/C16H26N4O7/c1-4-27-16(26)14(11(3)21)20(9-10(2)15(24)25)19-13(23)8-6-5-7-12(22)18-17/h9,14H,4-8,17H2,1-3H3,(H,18,22)(H,19,23)(H,24,25). The van der Waals surface area contributed by atoms with Crippen molar-refractivity contribution in [2.45, 2.75) is 52.5 Å². The Labute approximate surface area is 156 Å². The molecule has 0 bridgehead atoms. The number of unbranched alkanes of at least 4 members (excludes halogenated alkanes) is 1. The number of aliphatic carboxylic acids is 1. The smallest absolute Gasteiger partial charge is 0.338 e. The number of carboxylic acid groups (broad SMARTS) is 1. The lowest BCUT2D eigenvalue weighted by Crippen LogP contribution is -2.52. The molecule has 5 N–H and O–H groups in total. The number of nitrogens with two attached hydrogens (primary N) is 1. The number of amides is 2. The minimum absolute atomic E-state index is 0.00916. The number of carbonyl (C=O) groups is 5. The van der Waals surface area contributed by atoms with Crippen molar-refractivity contribution in [3.8, 4) is 0 Å². The van der Waals surface area contributed by atoms with Crippen LogP contribution in [0.1, 0.15) is 46.5 Å². The van der Waals surface area contributed by atoms with Crippen LogP contribution < -0.4 is 16.7 Å². The molecule has 0 aliphatic rings. The summed E-state index contributed by atoms with van der Waals surface area (Å²) in [5.41, 5.74) is 4.10. The molecule has 0 radical (unpaired) electrons. The van der Waals surface area contributed by atoms with Gasteiger partial charge in [-0.05, 0) is 33.6 Å². The van der Waals surface area contributed by atoms with Crippen molar-refractivity contribution in [2.75, 3.05) is 6.61 Å². The van der Waals surface area contributed by atoms with E-state index >= 15 is 0 Å². The number of ketones is 1. The van der Waals surface area contributed by atoms with Gasteiger partial charge in [-0.25, -0.2) is 15.4 Å². The third-order valence-electron chi connectivity index (χ3n) is 3.32. The molecule has 0 aromatic rings. The van der Waals surface area contributed by atoms with Gasteiger partial charge in [0.2, 0.25) is 17.9 Å². The van der Waals surface area contributed by atoms with E-state index in [1.165, 1.54) is 6.92 Å². The Hall–Kier alpha value is -2.95. The van der Waals surface area contributed by atoms with Gasteiger partial charge in [0.05, 0.1) is 12.2 Å². The Morgan fingerprint density at radius 2 is 1.67 bits per heavy atom. The van der Waals surface area contributed by atoms with E-state index in [1.807, 2.05) is 5.43 Å². The number of hydrogen-bond acceptors (Lipinski definition) is 8. The lowest BCUT2D eigenvalue weighted by atomic mass is 10.1. The highest BCUT2D eigenvalue weighted by molar-refractivity contribution is 6.02. The molecule has 2 amide bonds. The number of esters is 1. The molecule has 0 saturated carbocycles. The van der Waals surface area contributed by atoms with Gasteiger partial charge in [0, 0.05) is 19.0 Å². The molecule has 0 spiro atoms. The zero-order chi connectivity index (χ0) is 21.0. The predicted octanol–water partition coefficient (Wildman–Crippen LogP) is -0.621. The lowest BCUT2D eigenvalue weighted by molar-refractivity contribution is -0.154. The number of hydrazine groups is 2. The van der Waals surface area contributed by atoms with Crippen molar-refractivity contribution >= 4 is 29.5 Å². The number of carboxylic acids is 1. The zero-order valence-corrected chi connectivity index (χ0v) is 15.6. The van der Waals surface area contributed by atoms with E-state index in [1.54, 1.807) is 6.92 Å². The number of nitrogens with one attached hydrogen (secondary N) is 2. The summed E-state index contributed by atoms with van der Waals surface area (Å²) in [4.78, 5) is 58.1. The van der Waals surface area contributed by atoms with E-state index in [0.29, 0.717) is 12.8 Å². The van der Waals surface area contributed by atoms with E-state index in [-0.39, 0.29) is 30.9 Å². The molecule has 11 nitrogen and oxygen atoms in total.